The molecule has 14 nitrogen and oxygen atoms in total. The molecule has 1 amide bonds. The molecule has 0 spiro atoms. The normalized spacial score (nSPS) is 19.8. The molecule has 7 aromatic rings. The summed E-state index contributed by atoms with van der Waals surface area (Å²) in [5.74, 6) is 2.58. The van der Waals surface area contributed by atoms with Gasteiger partial charge >= 0.3 is 0 Å². The van der Waals surface area contributed by atoms with E-state index in [4.69, 9.17) is 38.2 Å². The number of fused-ring (bicyclic) bond motifs is 1. The predicted molar refractivity (Wildman–Crippen MR) is 276 cm³/mol. The second-order valence-corrected chi connectivity index (χ2v) is 21.7. The zero-order valence-corrected chi connectivity index (χ0v) is 42.0. The van der Waals surface area contributed by atoms with Crippen LogP contribution in [0.15, 0.2) is 152 Å². The number of anilines is 1. The summed E-state index contributed by atoms with van der Waals surface area (Å²) < 4.78 is 44.5. The van der Waals surface area contributed by atoms with Crippen LogP contribution in [-0.4, -0.2) is 106 Å². The maximum atomic E-state index is 13.4. The predicted octanol–water partition coefficient (Wildman–Crippen LogP) is 10.2. The molecule has 362 valence electrons. The van der Waals surface area contributed by atoms with Gasteiger partial charge in [-0.3, -0.25) is 18.8 Å². The lowest BCUT2D eigenvalue weighted by Crippen LogP contribution is -2.55. The Bertz CT molecular complexity index is 2800. The summed E-state index contributed by atoms with van der Waals surface area (Å²) in [5, 5.41) is 2.97. The number of rotatable bonds is 20. The SMILES string of the molecule is COc1ccc(C(OCC2(C)OC[C@@](OC)(n3cnc4c(NC(=O)c5ccccc5)ncnc43)C2OP(SCCSC(=O)c2ccccc2)N2CCCC2)(c2ccccc2)c2ccc(OC)cc2)cc1. The van der Waals surface area contributed by atoms with Crippen molar-refractivity contribution in [1.29, 1.82) is 0 Å². The van der Waals surface area contributed by atoms with E-state index in [1.54, 1.807) is 63.3 Å². The van der Waals surface area contributed by atoms with Crippen molar-refractivity contribution in [3.8, 4) is 11.5 Å². The van der Waals surface area contributed by atoms with Crippen molar-refractivity contribution in [3.63, 3.8) is 0 Å². The minimum absolute atomic E-state index is 0.0188. The van der Waals surface area contributed by atoms with Crippen molar-refractivity contribution in [2.24, 2.45) is 0 Å². The summed E-state index contributed by atoms with van der Waals surface area (Å²) in [4.78, 5) is 40.6. The van der Waals surface area contributed by atoms with Crippen LogP contribution in [0.1, 0.15) is 57.2 Å². The molecule has 0 saturated carbocycles. The van der Waals surface area contributed by atoms with Gasteiger partial charge in [0.05, 0.1) is 33.8 Å². The molecule has 0 bridgehead atoms. The number of hydrogen-bond donors (Lipinski definition) is 1. The van der Waals surface area contributed by atoms with Gasteiger partial charge in [0.2, 0.25) is 5.12 Å². The maximum Gasteiger partial charge on any atom is 0.256 e. The molecule has 5 aromatic carbocycles. The number of ether oxygens (including phenoxy) is 5. The molecule has 2 aliphatic rings. The van der Waals surface area contributed by atoms with Gasteiger partial charge in [0.25, 0.3) is 5.91 Å². The van der Waals surface area contributed by atoms with Crippen molar-refractivity contribution in [2.75, 3.05) is 64.5 Å². The lowest BCUT2D eigenvalue weighted by atomic mass is 9.79. The van der Waals surface area contributed by atoms with Crippen LogP contribution in [0.25, 0.3) is 11.2 Å². The van der Waals surface area contributed by atoms with Crippen LogP contribution in [0.5, 0.6) is 11.5 Å². The summed E-state index contributed by atoms with van der Waals surface area (Å²) in [6.45, 7) is 3.76. The van der Waals surface area contributed by atoms with E-state index in [2.05, 4.69) is 27.1 Å². The van der Waals surface area contributed by atoms with Crippen molar-refractivity contribution in [3.05, 3.63) is 180 Å². The number of amides is 1. The zero-order chi connectivity index (χ0) is 48.6. The van der Waals surface area contributed by atoms with Gasteiger partial charge in [-0.1, -0.05) is 126 Å². The third-order valence-corrected chi connectivity index (χ3v) is 17.9. The molecule has 2 aromatic heterocycles. The quantitative estimate of drug-likeness (QED) is 0.0439. The fourth-order valence-electron chi connectivity index (χ4n) is 9.01. The Kier molecular flexibility index (Phi) is 15.6. The number of aromatic nitrogens is 4. The van der Waals surface area contributed by atoms with Gasteiger partial charge in [0.15, 0.2) is 30.2 Å². The first-order chi connectivity index (χ1) is 34.2. The molecular formula is C53H55N6O8PS2. The second-order valence-electron chi connectivity index (χ2n) is 17.0. The maximum absolute atomic E-state index is 13.4. The minimum Gasteiger partial charge on any atom is -0.497 e. The lowest BCUT2D eigenvalue weighted by Gasteiger charge is -2.43. The van der Waals surface area contributed by atoms with Gasteiger partial charge < -0.3 is 33.5 Å². The molecule has 0 radical (unpaired) electrons. The molecule has 9 rings (SSSR count). The fourth-order valence-corrected chi connectivity index (χ4v) is 14.4. The van der Waals surface area contributed by atoms with E-state index in [0.717, 1.165) is 42.6 Å². The number of imidazole rings is 1. The van der Waals surface area contributed by atoms with Crippen LogP contribution < -0.4 is 14.8 Å². The molecule has 4 atom stereocenters. The standard InChI is InChI=1S/C53H55N6O8PS2/c1-51(34-66-53(40-20-12-7-13-21-40,41-22-26-43(62-2)27-23-41)42-24-28-44(63-3)29-25-42)50(67-68(58-30-14-15-31-58)70-33-32-69-49(61)39-18-10-6-11-19-39)52(64-4,35-65-51)59-37-56-45-46(54-36-55-47(45)59)57-48(60)38-16-8-5-9-17-38/h5-13,16-29,36-37,50H,14-15,30-35H2,1-4H3,(H,54,55,57,60)/t50?,51?,52-,68?/m0/s1. The Morgan fingerprint density at radius 3 is 1.94 bits per heavy atom. The van der Waals surface area contributed by atoms with E-state index < -0.39 is 30.5 Å². The molecule has 70 heavy (non-hydrogen) atoms. The van der Waals surface area contributed by atoms with E-state index >= 15 is 0 Å². The summed E-state index contributed by atoms with van der Waals surface area (Å²) in [7, 11) is 3.57. The number of carbonyl (C=O) groups excluding carboxylic acids is 2. The first kappa shape index (κ1) is 49.3. The Labute approximate surface area is 417 Å². The van der Waals surface area contributed by atoms with Crippen LogP contribution in [0.2, 0.25) is 0 Å². The number of thioether (sulfide) groups is 1. The Balaban J connectivity index is 1.12. The van der Waals surface area contributed by atoms with Crippen molar-refractivity contribution in [1.82, 2.24) is 24.2 Å². The molecular weight excluding hydrogens is 944 g/mol. The molecule has 2 saturated heterocycles. The lowest BCUT2D eigenvalue weighted by molar-refractivity contribution is -0.147. The molecule has 1 N–H and O–H groups in total. The summed E-state index contributed by atoms with van der Waals surface area (Å²) in [6, 6.07) is 44.3. The number of nitrogens with one attached hydrogen (secondary N) is 1. The van der Waals surface area contributed by atoms with Crippen LogP contribution >= 0.6 is 30.6 Å². The topological polar surface area (TPSA) is 148 Å². The van der Waals surface area contributed by atoms with E-state index in [9.17, 15) is 9.59 Å². The van der Waals surface area contributed by atoms with Crippen molar-refractivity contribution < 1.29 is 37.8 Å². The Hall–Kier alpha value is -5.68. The van der Waals surface area contributed by atoms with Gasteiger partial charge in [-0.25, -0.2) is 15.0 Å². The summed E-state index contributed by atoms with van der Waals surface area (Å²) >= 11 is 3.01. The smallest absolute Gasteiger partial charge is 0.256 e. The number of carbonyl (C=O) groups is 2. The fraction of sp³-hybridized carbons (Fsp3) is 0.302. The second kappa shape index (κ2) is 22.2. The summed E-state index contributed by atoms with van der Waals surface area (Å²) in [6.07, 6.45) is 4.26. The number of benzene rings is 5. The Morgan fingerprint density at radius 2 is 1.34 bits per heavy atom. The number of hydrogen-bond acceptors (Lipinski definition) is 14. The number of nitrogens with zero attached hydrogens (tertiary/aromatic N) is 5. The first-order valence-electron chi connectivity index (χ1n) is 23.0. The highest BCUT2D eigenvalue weighted by molar-refractivity contribution is 8.53. The van der Waals surface area contributed by atoms with Crippen LogP contribution in [-0.2, 0) is 30.1 Å². The average Bonchev–Trinajstić information content (AvgIpc) is 4.18. The average molecular weight is 999 g/mol. The van der Waals surface area contributed by atoms with Crippen LogP contribution in [0.3, 0.4) is 0 Å². The van der Waals surface area contributed by atoms with Gasteiger partial charge in [-0.15, -0.1) is 0 Å². The highest BCUT2D eigenvalue weighted by atomic mass is 32.7. The van der Waals surface area contributed by atoms with Gasteiger partial charge in [0.1, 0.15) is 35.1 Å². The van der Waals surface area contributed by atoms with Crippen LogP contribution in [0, 0.1) is 0 Å². The monoisotopic (exact) mass is 998 g/mol. The Morgan fingerprint density at radius 1 is 0.757 bits per heavy atom. The highest BCUT2D eigenvalue weighted by Crippen LogP contribution is 2.60. The minimum atomic E-state index is -1.37. The third kappa shape index (κ3) is 10.1. The molecule has 0 aliphatic carbocycles. The molecule has 17 heteroatoms. The van der Waals surface area contributed by atoms with E-state index in [1.807, 2.05) is 115 Å². The molecule has 2 aliphatic heterocycles. The van der Waals surface area contributed by atoms with Crippen molar-refractivity contribution in [2.45, 2.75) is 42.8 Å². The van der Waals surface area contributed by atoms with E-state index in [-0.39, 0.29) is 30.1 Å². The van der Waals surface area contributed by atoms with Gasteiger partial charge in [0, 0.05) is 42.8 Å². The molecule has 4 heterocycles. The largest absolute Gasteiger partial charge is 0.497 e. The van der Waals surface area contributed by atoms with Crippen LogP contribution in [0.4, 0.5) is 5.82 Å². The van der Waals surface area contributed by atoms with E-state index in [1.165, 1.54) is 18.1 Å². The zero-order valence-electron chi connectivity index (χ0n) is 39.4. The number of methoxy groups -OCH3 is 3. The third-order valence-electron chi connectivity index (χ3n) is 12.7. The van der Waals surface area contributed by atoms with Gasteiger partial charge in [-0.2, -0.15) is 0 Å². The first-order valence-corrected chi connectivity index (χ1v) is 26.8. The van der Waals surface area contributed by atoms with Gasteiger partial charge in [-0.05, 0) is 72.9 Å². The molecule has 3 unspecified atom stereocenters. The van der Waals surface area contributed by atoms with Crippen molar-refractivity contribution >= 4 is 58.6 Å². The summed E-state index contributed by atoms with van der Waals surface area (Å²) in [5.41, 5.74) is 0.809. The molecule has 2 fully saturated rings. The van der Waals surface area contributed by atoms with E-state index in [0.29, 0.717) is 45.3 Å². The highest BCUT2D eigenvalue weighted by Gasteiger charge is 2.62.